The molecule has 1 N–H and O–H groups in total. The topological polar surface area (TPSA) is 72.2 Å². The summed E-state index contributed by atoms with van der Waals surface area (Å²) in [5, 5.41) is 7.41. The van der Waals surface area contributed by atoms with Gasteiger partial charge in [0.2, 0.25) is 5.91 Å². The van der Waals surface area contributed by atoms with Crippen LogP contribution in [-0.4, -0.2) is 25.5 Å². The molecule has 0 spiro atoms. The average molecular weight is 282 g/mol. The van der Waals surface area contributed by atoms with Gasteiger partial charge in [0.05, 0.1) is 16.4 Å². The summed E-state index contributed by atoms with van der Waals surface area (Å²) in [4.78, 5) is 20.3. The highest BCUT2D eigenvalue weighted by Gasteiger charge is 2.23. The summed E-state index contributed by atoms with van der Waals surface area (Å²) in [6.07, 6.45) is 0. The second kappa shape index (κ2) is 4.45. The highest BCUT2D eigenvalue weighted by molar-refractivity contribution is 6.31. The lowest BCUT2D eigenvalue weighted by Gasteiger charge is -2.15. The van der Waals surface area contributed by atoms with Gasteiger partial charge < -0.3 is 0 Å². The van der Waals surface area contributed by atoms with E-state index in [0.717, 1.165) is 5.69 Å². The first-order valence-electron chi connectivity index (χ1n) is 5.91. The minimum atomic E-state index is -0.506. The molecule has 0 saturated heterocycles. The Morgan fingerprint density at radius 1 is 1.26 bits per heavy atom. The summed E-state index contributed by atoms with van der Waals surface area (Å²) >= 11 is 6.11. The van der Waals surface area contributed by atoms with Crippen LogP contribution in [0.1, 0.15) is 32.2 Å². The van der Waals surface area contributed by atoms with Crippen molar-refractivity contribution in [1.82, 2.24) is 19.6 Å². The third-order valence-electron chi connectivity index (χ3n) is 2.72. The van der Waals surface area contributed by atoms with E-state index in [4.69, 9.17) is 11.6 Å². The molecule has 0 atom stereocenters. The lowest BCUT2D eigenvalue weighted by atomic mass is 9.96. The van der Waals surface area contributed by atoms with Crippen molar-refractivity contribution in [2.75, 3.05) is 5.32 Å². The molecule has 2 heterocycles. The van der Waals surface area contributed by atoms with Crippen molar-refractivity contribution >= 4 is 29.2 Å². The minimum Gasteiger partial charge on any atom is -0.293 e. The number of carbonyl (C=O) groups excluding carboxylic acids is 1. The Hall–Kier alpha value is -1.69. The fraction of sp³-hybridized carbons (Fsp3) is 0.500. The minimum absolute atomic E-state index is 0.149. The Balaban J connectivity index is 2.43. The molecule has 0 aliphatic rings. The van der Waals surface area contributed by atoms with Crippen LogP contribution in [0.3, 0.4) is 0 Å². The van der Waals surface area contributed by atoms with Crippen LogP contribution in [0.4, 0.5) is 5.95 Å². The van der Waals surface area contributed by atoms with E-state index in [2.05, 4.69) is 20.4 Å². The molecule has 2 aromatic rings. The van der Waals surface area contributed by atoms with Crippen molar-refractivity contribution in [3.05, 3.63) is 16.4 Å². The molecule has 0 aliphatic carbocycles. The molecule has 2 aromatic heterocycles. The molecular weight excluding hydrogens is 266 g/mol. The Bertz CT molecular complexity index is 656. The van der Waals surface area contributed by atoms with Crippen molar-refractivity contribution in [3.8, 4) is 0 Å². The van der Waals surface area contributed by atoms with Gasteiger partial charge in [0.25, 0.3) is 11.7 Å². The fourth-order valence-corrected chi connectivity index (χ4v) is 1.62. The summed E-state index contributed by atoms with van der Waals surface area (Å²) in [7, 11) is 0. The maximum Gasteiger partial charge on any atom is 0.254 e. The Morgan fingerprint density at radius 3 is 2.47 bits per heavy atom. The molecule has 0 bridgehead atoms. The van der Waals surface area contributed by atoms with Gasteiger partial charge >= 0.3 is 0 Å². The fourth-order valence-electron chi connectivity index (χ4n) is 1.50. The average Bonchev–Trinajstić information content (AvgIpc) is 2.67. The second-order valence-electron chi connectivity index (χ2n) is 5.45. The largest absolute Gasteiger partial charge is 0.293 e. The standard InChI is InChI=1S/C12H16ClN5O/c1-6-8(13)7(2)18-11(14-6)16-10(17-18)15-9(19)12(3,4)5/h1-5H3,(H,15,17,19). The van der Waals surface area contributed by atoms with E-state index in [1.807, 2.05) is 27.7 Å². The molecule has 0 unspecified atom stereocenters. The zero-order valence-corrected chi connectivity index (χ0v) is 12.3. The molecule has 0 aliphatic heterocycles. The third-order valence-corrected chi connectivity index (χ3v) is 3.26. The molecule has 19 heavy (non-hydrogen) atoms. The first-order valence-corrected chi connectivity index (χ1v) is 6.29. The van der Waals surface area contributed by atoms with Crippen molar-refractivity contribution in [2.24, 2.45) is 5.41 Å². The van der Waals surface area contributed by atoms with Crippen LogP contribution < -0.4 is 5.32 Å². The molecule has 2 rings (SSSR count). The van der Waals surface area contributed by atoms with Gasteiger partial charge in [-0.15, -0.1) is 5.10 Å². The monoisotopic (exact) mass is 281 g/mol. The summed E-state index contributed by atoms with van der Waals surface area (Å²) in [6, 6.07) is 0. The number of fused-ring (bicyclic) bond motifs is 1. The molecule has 0 radical (unpaired) electrons. The molecule has 6 nitrogen and oxygen atoms in total. The van der Waals surface area contributed by atoms with Gasteiger partial charge in [0, 0.05) is 5.41 Å². The Labute approximate surface area is 116 Å². The van der Waals surface area contributed by atoms with Gasteiger partial charge in [-0.2, -0.15) is 9.50 Å². The molecule has 0 aromatic carbocycles. The molecule has 0 fully saturated rings. The number of nitrogens with zero attached hydrogens (tertiary/aromatic N) is 4. The number of hydrogen-bond donors (Lipinski definition) is 1. The molecule has 1 amide bonds. The van der Waals surface area contributed by atoms with Crippen LogP contribution in [0.25, 0.3) is 5.78 Å². The lowest BCUT2D eigenvalue weighted by molar-refractivity contribution is -0.123. The first-order chi connectivity index (χ1) is 8.70. The first kappa shape index (κ1) is 13.7. The lowest BCUT2D eigenvalue weighted by Crippen LogP contribution is -2.28. The summed E-state index contributed by atoms with van der Waals surface area (Å²) in [6.45, 7) is 9.10. The molecule has 102 valence electrons. The number of aryl methyl sites for hydroxylation is 2. The van der Waals surface area contributed by atoms with Crippen LogP contribution in [0, 0.1) is 19.3 Å². The van der Waals surface area contributed by atoms with Crippen LogP contribution in [0.5, 0.6) is 0 Å². The highest BCUT2D eigenvalue weighted by Crippen LogP contribution is 2.20. The predicted octanol–water partition coefficient (Wildman–Crippen LogP) is 2.38. The number of rotatable bonds is 1. The SMILES string of the molecule is Cc1nc2nc(NC(=O)C(C)(C)C)nn2c(C)c1Cl. The van der Waals surface area contributed by atoms with Crippen LogP contribution in [0.2, 0.25) is 5.02 Å². The molecular formula is C12H16ClN5O. The Morgan fingerprint density at radius 2 is 1.89 bits per heavy atom. The van der Waals surface area contributed by atoms with Gasteiger partial charge in [-0.1, -0.05) is 32.4 Å². The van der Waals surface area contributed by atoms with Gasteiger partial charge in [-0.25, -0.2) is 4.98 Å². The number of aromatic nitrogens is 4. The molecule has 7 heteroatoms. The van der Waals surface area contributed by atoms with Gasteiger partial charge in [-0.05, 0) is 13.8 Å². The highest BCUT2D eigenvalue weighted by atomic mass is 35.5. The number of amides is 1. The van der Waals surface area contributed by atoms with E-state index < -0.39 is 5.41 Å². The number of nitrogens with one attached hydrogen (secondary N) is 1. The van der Waals surface area contributed by atoms with Crippen LogP contribution in [-0.2, 0) is 4.79 Å². The second-order valence-corrected chi connectivity index (χ2v) is 5.83. The van der Waals surface area contributed by atoms with Crippen LogP contribution in [0.15, 0.2) is 0 Å². The third kappa shape index (κ3) is 2.53. The quantitative estimate of drug-likeness (QED) is 0.871. The van der Waals surface area contributed by atoms with Crippen LogP contribution >= 0.6 is 11.6 Å². The number of halogens is 1. The van der Waals surface area contributed by atoms with Crippen molar-refractivity contribution in [1.29, 1.82) is 0 Å². The van der Waals surface area contributed by atoms with E-state index in [1.54, 1.807) is 6.92 Å². The Kier molecular flexibility index (Phi) is 3.22. The predicted molar refractivity (Wildman–Crippen MR) is 73.4 cm³/mol. The van der Waals surface area contributed by atoms with Gasteiger partial charge in [0.15, 0.2) is 0 Å². The van der Waals surface area contributed by atoms with Crippen molar-refractivity contribution in [3.63, 3.8) is 0 Å². The van der Waals surface area contributed by atoms with Crippen molar-refractivity contribution < 1.29 is 4.79 Å². The normalized spacial score (nSPS) is 11.9. The van der Waals surface area contributed by atoms with E-state index >= 15 is 0 Å². The van der Waals surface area contributed by atoms with E-state index in [9.17, 15) is 4.79 Å². The van der Waals surface area contributed by atoms with Crippen molar-refractivity contribution in [2.45, 2.75) is 34.6 Å². The van der Waals surface area contributed by atoms with E-state index in [0.29, 0.717) is 16.5 Å². The summed E-state index contributed by atoms with van der Waals surface area (Å²) in [5.41, 5.74) is 0.925. The van der Waals surface area contributed by atoms with Gasteiger partial charge in [-0.3, -0.25) is 10.1 Å². The number of hydrogen-bond acceptors (Lipinski definition) is 4. The van der Waals surface area contributed by atoms with E-state index in [-0.39, 0.29) is 11.9 Å². The smallest absolute Gasteiger partial charge is 0.254 e. The maximum absolute atomic E-state index is 11.9. The molecule has 0 saturated carbocycles. The van der Waals surface area contributed by atoms with E-state index in [1.165, 1.54) is 4.52 Å². The zero-order chi connectivity index (χ0) is 14.4. The maximum atomic E-state index is 11.9. The number of carbonyl (C=O) groups is 1. The zero-order valence-electron chi connectivity index (χ0n) is 11.6. The summed E-state index contributed by atoms with van der Waals surface area (Å²) in [5.74, 6) is 0.504. The van der Waals surface area contributed by atoms with Gasteiger partial charge in [0.1, 0.15) is 0 Å². The summed E-state index contributed by atoms with van der Waals surface area (Å²) < 4.78 is 1.52. The number of anilines is 1.